The van der Waals surface area contributed by atoms with Crippen LogP contribution in [-0.2, 0) is 11.2 Å². The summed E-state index contributed by atoms with van der Waals surface area (Å²) in [7, 11) is 0. The summed E-state index contributed by atoms with van der Waals surface area (Å²) in [4.78, 5) is 41.3. The summed E-state index contributed by atoms with van der Waals surface area (Å²) in [5.74, 6) is 0.698. The first kappa shape index (κ1) is 21.0. The fraction of sp³-hybridized carbons (Fsp3) is 0.450. The Kier molecular flexibility index (Phi) is 6.64. The van der Waals surface area contributed by atoms with Gasteiger partial charge in [0.25, 0.3) is 0 Å². The molecule has 0 spiro atoms. The van der Waals surface area contributed by atoms with Gasteiger partial charge >= 0.3 is 6.03 Å². The van der Waals surface area contributed by atoms with Gasteiger partial charge in [0.2, 0.25) is 11.9 Å². The predicted octanol–water partition coefficient (Wildman–Crippen LogP) is 3.38. The summed E-state index contributed by atoms with van der Waals surface area (Å²) in [6.07, 6.45) is 6.30. The molecule has 8 nitrogen and oxygen atoms in total. The van der Waals surface area contributed by atoms with Crippen molar-refractivity contribution in [2.45, 2.75) is 39.7 Å². The van der Waals surface area contributed by atoms with Crippen LogP contribution in [0.2, 0.25) is 5.02 Å². The molecule has 1 fully saturated rings. The van der Waals surface area contributed by atoms with E-state index in [1.54, 1.807) is 11.1 Å². The Morgan fingerprint density at radius 3 is 2.69 bits per heavy atom. The number of nitrogens with zero attached hydrogens (tertiary/aromatic N) is 5. The van der Waals surface area contributed by atoms with Gasteiger partial charge in [0.05, 0.1) is 30.0 Å². The molecular weight excluding hydrogens is 392 g/mol. The number of amides is 3. The van der Waals surface area contributed by atoms with Crippen molar-refractivity contribution < 1.29 is 9.59 Å². The standard InChI is InChI=1S/C20H25ClN6O2/c1-4-13(3)16-11-27(19-23-9-15(21)10-24-19)20(29)26(16)12-18(28)25-17-8-14(5-2)6-7-22-17/h6-10,13,16H,4-5,11-12H2,1-3H3,(H,22,25,28)/t13-,16+/m0/s1. The van der Waals surface area contributed by atoms with Crippen LogP contribution in [0.3, 0.4) is 0 Å². The Hall–Kier alpha value is -2.74. The zero-order valence-electron chi connectivity index (χ0n) is 16.8. The Morgan fingerprint density at radius 1 is 1.31 bits per heavy atom. The zero-order valence-corrected chi connectivity index (χ0v) is 17.6. The minimum atomic E-state index is -0.289. The van der Waals surface area contributed by atoms with Crippen molar-refractivity contribution in [3.63, 3.8) is 0 Å². The summed E-state index contributed by atoms with van der Waals surface area (Å²) in [6, 6.07) is 3.34. The number of carbonyl (C=O) groups excluding carboxylic acids is 2. The summed E-state index contributed by atoms with van der Waals surface area (Å²) in [5, 5.41) is 3.19. The van der Waals surface area contributed by atoms with Gasteiger partial charge in [-0.05, 0) is 30.0 Å². The maximum atomic E-state index is 13.1. The second-order valence-electron chi connectivity index (χ2n) is 7.13. The average molecular weight is 417 g/mol. The van der Waals surface area contributed by atoms with Crippen LogP contribution in [0.1, 0.15) is 32.8 Å². The lowest BCUT2D eigenvalue weighted by molar-refractivity contribution is -0.117. The molecule has 3 amide bonds. The third-order valence-corrected chi connectivity index (χ3v) is 5.40. The zero-order chi connectivity index (χ0) is 21.0. The Bertz CT molecular complexity index is 876. The van der Waals surface area contributed by atoms with Gasteiger partial charge in [-0.25, -0.2) is 19.7 Å². The second kappa shape index (κ2) is 9.17. The molecule has 0 saturated carbocycles. The molecule has 0 radical (unpaired) electrons. The van der Waals surface area contributed by atoms with E-state index >= 15 is 0 Å². The van der Waals surface area contributed by atoms with Crippen molar-refractivity contribution in [1.29, 1.82) is 0 Å². The fourth-order valence-electron chi connectivity index (χ4n) is 3.32. The van der Waals surface area contributed by atoms with Gasteiger partial charge in [-0.15, -0.1) is 0 Å². The third-order valence-electron chi connectivity index (χ3n) is 5.21. The SMILES string of the molecule is CCc1ccnc(NC(=O)CN2C(=O)N(c3ncc(Cl)cn3)C[C@@H]2[C@@H](C)CC)c1. The van der Waals surface area contributed by atoms with Crippen LogP contribution < -0.4 is 10.2 Å². The molecule has 0 unspecified atom stereocenters. The molecule has 1 aliphatic heterocycles. The average Bonchev–Trinajstić information content (AvgIpc) is 3.04. The molecule has 3 heterocycles. The lowest BCUT2D eigenvalue weighted by Crippen LogP contribution is -2.43. The van der Waals surface area contributed by atoms with Crippen LogP contribution in [0.15, 0.2) is 30.7 Å². The minimum Gasteiger partial charge on any atom is -0.310 e. The molecule has 154 valence electrons. The first-order chi connectivity index (χ1) is 13.9. The van der Waals surface area contributed by atoms with Crippen LogP contribution in [0.25, 0.3) is 0 Å². The highest BCUT2D eigenvalue weighted by Gasteiger charge is 2.42. The number of aromatic nitrogens is 3. The molecule has 3 rings (SSSR count). The number of hydrogen-bond donors (Lipinski definition) is 1. The topological polar surface area (TPSA) is 91.3 Å². The first-order valence-corrected chi connectivity index (χ1v) is 10.1. The first-order valence-electron chi connectivity index (χ1n) is 9.73. The van der Waals surface area contributed by atoms with Gasteiger partial charge in [0.1, 0.15) is 12.4 Å². The molecule has 1 aliphatic rings. The van der Waals surface area contributed by atoms with Gasteiger partial charge in [0.15, 0.2) is 0 Å². The van der Waals surface area contributed by atoms with E-state index in [9.17, 15) is 9.59 Å². The number of pyridine rings is 1. The summed E-state index contributed by atoms with van der Waals surface area (Å²) in [6.45, 7) is 6.53. The van der Waals surface area contributed by atoms with E-state index in [0.29, 0.717) is 17.4 Å². The number of rotatable bonds is 7. The Balaban J connectivity index is 1.76. The molecule has 2 atom stereocenters. The van der Waals surface area contributed by atoms with Crippen LogP contribution in [0.5, 0.6) is 0 Å². The molecule has 0 bridgehead atoms. The molecule has 9 heteroatoms. The fourth-order valence-corrected chi connectivity index (χ4v) is 3.41. The van der Waals surface area contributed by atoms with Crippen LogP contribution in [0, 0.1) is 5.92 Å². The van der Waals surface area contributed by atoms with Crippen LogP contribution in [-0.4, -0.2) is 50.9 Å². The molecule has 29 heavy (non-hydrogen) atoms. The maximum Gasteiger partial charge on any atom is 0.327 e. The number of hydrogen-bond acceptors (Lipinski definition) is 5. The van der Waals surface area contributed by atoms with Crippen molar-refractivity contribution in [1.82, 2.24) is 19.9 Å². The molecule has 2 aromatic heterocycles. The minimum absolute atomic E-state index is 0.0596. The number of anilines is 2. The number of carbonyl (C=O) groups is 2. The van der Waals surface area contributed by atoms with Gasteiger partial charge in [-0.1, -0.05) is 38.8 Å². The highest BCUT2D eigenvalue weighted by atomic mass is 35.5. The van der Waals surface area contributed by atoms with Gasteiger partial charge in [-0.2, -0.15) is 0 Å². The number of urea groups is 1. The summed E-state index contributed by atoms with van der Waals surface area (Å²) >= 11 is 5.85. The number of aryl methyl sites for hydroxylation is 1. The smallest absolute Gasteiger partial charge is 0.310 e. The lowest BCUT2D eigenvalue weighted by atomic mass is 9.99. The van der Waals surface area contributed by atoms with E-state index in [1.807, 2.05) is 19.1 Å². The largest absolute Gasteiger partial charge is 0.327 e. The van der Waals surface area contributed by atoms with Crippen molar-refractivity contribution in [2.75, 3.05) is 23.3 Å². The monoisotopic (exact) mass is 416 g/mol. The van der Waals surface area contributed by atoms with E-state index in [1.165, 1.54) is 17.3 Å². The van der Waals surface area contributed by atoms with Crippen molar-refractivity contribution in [3.05, 3.63) is 41.3 Å². The second-order valence-corrected chi connectivity index (χ2v) is 7.56. The molecular formula is C20H25ClN6O2. The van der Waals surface area contributed by atoms with Crippen LogP contribution in [0.4, 0.5) is 16.6 Å². The normalized spacial score (nSPS) is 17.5. The Labute approximate surface area is 175 Å². The van der Waals surface area contributed by atoms with E-state index in [2.05, 4.69) is 34.1 Å². The molecule has 2 aromatic rings. The van der Waals surface area contributed by atoms with Crippen LogP contribution >= 0.6 is 11.6 Å². The quantitative estimate of drug-likeness (QED) is 0.747. The molecule has 1 N–H and O–H groups in total. The van der Waals surface area contributed by atoms with E-state index in [-0.39, 0.29) is 36.4 Å². The third kappa shape index (κ3) is 4.82. The van der Waals surface area contributed by atoms with Crippen molar-refractivity contribution in [3.8, 4) is 0 Å². The molecule has 0 aliphatic carbocycles. The highest BCUT2D eigenvalue weighted by molar-refractivity contribution is 6.30. The summed E-state index contributed by atoms with van der Waals surface area (Å²) < 4.78 is 0. The van der Waals surface area contributed by atoms with E-state index < -0.39 is 0 Å². The maximum absolute atomic E-state index is 13.1. The lowest BCUT2D eigenvalue weighted by Gasteiger charge is -2.26. The number of nitrogens with one attached hydrogen (secondary N) is 1. The van der Waals surface area contributed by atoms with E-state index in [4.69, 9.17) is 11.6 Å². The highest BCUT2D eigenvalue weighted by Crippen LogP contribution is 2.27. The Morgan fingerprint density at radius 2 is 2.03 bits per heavy atom. The van der Waals surface area contributed by atoms with Crippen molar-refractivity contribution >= 4 is 35.3 Å². The molecule has 0 aromatic carbocycles. The van der Waals surface area contributed by atoms with Gasteiger partial charge in [-0.3, -0.25) is 9.69 Å². The number of halogens is 1. The van der Waals surface area contributed by atoms with Gasteiger partial charge < -0.3 is 10.2 Å². The predicted molar refractivity (Wildman–Crippen MR) is 112 cm³/mol. The van der Waals surface area contributed by atoms with Gasteiger partial charge in [0, 0.05) is 6.20 Å². The van der Waals surface area contributed by atoms with Crippen molar-refractivity contribution in [2.24, 2.45) is 5.92 Å². The summed E-state index contributed by atoms with van der Waals surface area (Å²) in [5.41, 5.74) is 1.08. The van der Waals surface area contributed by atoms with E-state index in [0.717, 1.165) is 18.4 Å². The molecule has 1 saturated heterocycles.